The number of aromatic nitrogens is 2. The van der Waals surface area contributed by atoms with E-state index in [-0.39, 0.29) is 76.1 Å². The summed E-state index contributed by atoms with van der Waals surface area (Å²) in [6.45, 7) is 34.3. The molecular formula is C74H118N8O15S4Si. The van der Waals surface area contributed by atoms with Gasteiger partial charge in [-0.3, -0.25) is 38.4 Å². The molecule has 2 aromatic rings. The average molecular weight is 1520 g/mol. The van der Waals surface area contributed by atoms with E-state index in [0.717, 1.165) is 51.0 Å². The quantitative estimate of drug-likeness (QED) is 0.00914. The number of esters is 3. The van der Waals surface area contributed by atoms with Gasteiger partial charge in [0.25, 0.3) is 23.6 Å². The Labute approximate surface area is 623 Å². The highest BCUT2D eigenvalue weighted by atomic mass is 32.2. The average Bonchev–Trinajstić information content (AvgIpc) is 1.67. The summed E-state index contributed by atoms with van der Waals surface area (Å²) >= 11 is 4.99. The second kappa shape index (κ2) is 48.5. The van der Waals surface area contributed by atoms with Gasteiger partial charge in [0.1, 0.15) is 62.7 Å². The molecule has 0 radical (unpaired) electrons. The lowest BCUT2D eigenvalue weighted by molar-refractivity contribution is -0.156. The first-order valence-corrected chi connectivity index (χ1v) is 43.4. The van der Waals surface area contributed by atoms with Crippen LogP contribution in [-0.4, -0.2) is 130 Å². The number of cyclic esters (lactones) is 1. The third-order valence-electron chi connectivity index (χ3n) is 15.5. The minimum Gasteiger partial charge on any atom is -0.466 e. The van der Waals surface area contributed by atoms with Crippen LogP contribution in [0.15, 0.2) is 58.6 Å². The summed E-state index contributed by atoms with van der Waals surface area (Å²) in [5, 5.41) is 20.8. The van der Waals surface area contributed by atoms with Crippen LogP contribution < -0.4 is 31.9 Å². The number of nitrogens with zero attached hydrogens (tertiary/aromatic N) is 2. The number of thioether (sulfide) groups is 2. The summed E-state index contributed by atoms with van der Waals surface area (Å²) < 4.78 is 22.5. The van der Waals surface area contributed by atoms with Crippen molar-refractivity contribution >= 4 is 118 Å². The van der Waals surface area contributed by atoms with Gasteiger partial charge >= 0.3 is 24.0 Å². The molecule has 3 rings (SSSR count). The van der Waals surface area contributed by atoms with Crippen molar-refractivity contribution in [2.75, 3.05) is 18.1 Å². The lowest BCUT2D eigenvalue weighted by atomic mass is 10.0. The molecular weight excluding hydrogens is 1400 g/mol. The fraction of sp³-hybridized carbons (Fsp3) is 0.662. The van der Waals surface area contributed by atoms with Gasteiger partial charge < -0.3 is 50.8 Å². The number of allylic oxidation sites excluding steroid dienone is 4. The van der Waals surface area contributed by atoms with Crippen LogP contribution in [0.3, 0.4) is 0 Å². The van der Waals surface area contributed by atoms with E-state index < -0.39 is 104 Å². The molecule has 2 aromatic heterocycles. The minimum absolute atomic E-state index is 0.0201. The molecule has 6 N–H and O–H groups in total. The number of carbonyl (C=O) groups excluding carboxylic acids is 11. The van der Waals surface area contributed by atoms with Gasteiger partial charge in [0.05, 0.1) is 31.5 Å². The summed E-state index contributed by atoms with van der Waals surface area (Å²) in [4.78, 5) is 152. The van der Waals surface area contributed by atoms with Crippen LogP contribution in [0.2, 0.25) is 25.7 Å². The molecule has 572 valence electrons. The molecule has 0 fully saturated rings. The Balaban J connectivity index is 0.000000719. The van der Waals surface area contributed by atoms with Crippen LogP contribution in [0.1, 0.15) is 250 Å². The first-order valence-electron chi connectivity index (χ1n) is 36.0. The van der Waals surface area contributed by atoms with Crippen LogP contribution in [0.4, 0.5) is 4.79 Å². The monoisotopic (exact) mass is 1510 g/mol. The van der Waals surface area contributed by atoms with Crippen molar-refractivity contribution in [2.45, 2.75) is 274 Å². The molecule has 0 aliphatic carbocycles. The van der Waals surface area contributed by atoms with Crippen molar-refractivity contribution in [1.82, 2.24) is 41.9 Å². The van der Waals surface area contributed by atoms with E-state index in [9.17, 15) is 52.7 Å². The fourth-order valence-corrected chi connectivity index (χ4v) is 13.9. The Bertz CT molecular complexity index is 3150. The Hall–Kier alpha value is -6.49. The topological polar surface area (TPSA) is 323 Å². The molecule has 28 heteroatoms. The molecule has 3 heterocycles. The van der Waals surface area contributed by atoms with Crippen molar-refractivity contribution in [3.05, 3.63) is 80.0 Å². The van der Waals surface area contributed by atoms with Gasteiger partial charge in [-0.05, 0) is 102 Å². The molecule has 2 bridgehead atoms. The SMILES string of the molecule is C/C=C(\NC(=O)c1csc([C@H](NC(=O)OC(C)(C)C)C(C)C)n1)C(=O)N[C@H](C(=O)O[C@H](/C=C/CCSC(=O)CCCCCCC)CC(=O)OCC[Si](C)(C)C)C(C)C.C/C=C1\NC(=O)c2csc(n2)[C@H](C(C)C)NC(=O)C[C@@H](/C=C/CCSC(=O)CCCCCCC)OC(=O)[C@H](C(C)C)NC1=O. The molecule has 0 spiro atoms. The fourth-order valence-electron chi connectivity index (χ4n) is 9.58. The van der Waals surface area contributed by atoms with E-state index in [0.29, 0.717) is 47.2 Å². The van der Waals surface area contributed by atoms with Crippen LogP contribution >= 0.6 is 46.2 Å². The summed E-state index contributed by atoms with van der Waals surface area (Å²) in [5.41, 5.74) is -0.657. The Morgan fingerprint density at radius 2 is 1.34 bits per heavy atom. The van der Waals surface area contributed by atoms with E-state index in [4.69, 9.17) is 18.9 Å². The third-order valence-corrected chi connectivity index (χ3v) is 21.0. The van der Waals surface area contributed by atoms with Gasteiger partial charge in [-0.2, -0.15) is 0 Å². The largest absolute Gasteiger partial charge is 0.466 e. The molecule has 23 nitrogen and oxygen atoms in total. The van der Waals surface area contributed by atoms with Crippen molar-refractivity contribution in [2.24, 2.45) is 23.7 Å². The van der Waals surface area contributed by atoms with E-state index in [1.54, 1.807) is 85.9 Å². The van der Waals surface area contributed by atoms with Gasteiger partial charge in [0.15, 0.2) is 10.2 Å². The number of hydrogen-bond acceptors (Lipinski definition) is 21. The number of hydrogen-bond donors (Lipinski definition) is 6. The first-order chi connectivity index (χ1) is 48.0. The minimum atomic E-state index is -1.45. The zero-order chi connectivity index (χ0) is 76.7. The summed E-state index contributed by atoms with van der Waals surface area (Å²) in [6, 6.07) is -2.35. The van der Waals surface area contributed by atoms with Gasteiger partial charge in [0, 0.05) is 43.2 Å². The normalized spacial score (nSPS) is 17.1. The molecule has 6 amide bonds. The van der Waals surface area contributed by atoms with Gasteiger partial charge in [-0.15, -0.1) is 22.7 Å². The first kappa shape index (κ1) is 91.6. The molecule has 6 atom stereocenters. The molecule has 102 heavy (non-hydrogen) atoms. The van der Waals surface area contributed by atoms with Crippen LogP contribution in [0.25, 0.3) is 0 Å². The van der Waals surface area contributed by atoms with Crippen molar-refractivity contribution in [1.29, 1.82) is 0 Å². The Kier molecular flexibility index (Phi) is 43.6. The van der Waals surface area contributed by atoms with Gasteiger partial charge in [-0.25, -0.2) is 24.4 Å². The molecule has 1 aliphatic heterocycles. The zero-order valence-corrected chi connectivity index (χ0v) is 68.0. The molecule has 0 saturated carbocycles. The second-order valence-electron chi connectivity index (χ2n) is 28.6. The molecule has 0 unspecified atom stereocenters. The number of nitrogens with one attached hydrogen (secondary N) is 6. The maximum Gasteiger partial charge on any atom is 0.408 e. The number of amides is 6. The second-order valence-corrected chi connectivity index (χ2v) is 38.3. The van der Waals surface area contributed by atoms with E-state index >= 15 is 0 Å². The Morgan fingerprint density at radius 1 is 0.745 bits per heavy atom. The summed E-state index contributed by atoms with van der Waals surface area (Å²) in [5.74, 6) is -4.65. The van der Waals surface area contributed by atoms with E-state index in [1.807, 2.05) is 33.8 Å². The number of ether oxygens (including phenoxy) is 4. The number of unbranched alkanes of at least 4 members (excludes halogenated alkanes) is 8. The maximum atomic E-state index is 13.6. The highest BCUT2D eigenvalue weighted by Crippen LogP contribution is 2.28. The molecule has 0 aromatic carbocycles. The van der Waals surface area contributed by atoms with Crippen LogP contribution in [0.5, 0.6) is 0 Å². The summed E-state index contributed by atoms with van der Waals surface area (Å²) in [6.07, 6.45) is 20.0. The van der Waals surface area contributed by atoms with Crippen LogP contribution in [-0.2, 0) is 57.3 Å². The Morgan fingerprint density at radius 3 is 1.88 bits per heavy atom. The number of fused-ring (bicyclic) bond motifs is 2. The highest BCUT2D eigenvalue weighted by Gasteiger charge is 2.34. The smallest absolute Gasteiger partial charge is 0.408 e. The van der Waals surface area contributed by atoms with Gasteiger partial charge in [-0.1, -0.05) is 188 Å². The standard InChI is InChI=1S/C42H70N4O9S2Si.C32H48N4O6S2/c1-13-15-16-17-18-22-34(48)56-24-20-19-21-30(26-33(47)53-23-25-58(10,11)12)54-40(51)36(29(5)6)45-37(49)31(14-2)43-38(50)32-27-57-39(44-32)35(28(3)4)46-41(52)55-42(7,8)9;1-7-9-10-11-12-16-26(38)43-17-14-13-15-22-18-25(37)35-27(20(3)4)31-34-24(19-44-31)30(40)33-23(8-2)29(39)36-28(21(5)6)32(41)42-22/h14,19,21,27-30,35-36H,13,15-18,20,22-26H2,1-12H3,(H,43,50)(H,45,49)(H,46,52);8,13,15,19-22,27-28H,7,9-12,14,16-18H2,1-6H3,(H,33,40)(H,35,37)(H,36,39)/b21-19+,31-14-;15-13+,23-8-/t30-,35-,36+;22-,27+,28+/m11/s1. The third kappa shape index (κ3) is 37.8. The van der Waals surface area contributed by atoms with Crippen molar-refractivity contribution in [3.63, 3.8) is 0 Å². The number of alkyl carbamates (subject to hydrolysis) is 1. The van der Waals surface area contributed by atoms with E-state index in [2.05, 4.69) is 75.4 Å². The van der Waals surface area contributed by atoms with Crippen molar-refractivity contribution in [3.8, 4) is 0 Å². The zero-order valence-electron chi connectivity index (χ0n) is 63.7. The predicted molar refractivity (Wildman–Crippen MR) is 410 cm³/mol. The molecule has 0 saturated heterocycles. The maximum absolute atomic E-state index is 13.6. The van der Waals surface area contributed by atoms with E-state index in [1.165, 1.54) is 83.0 Å². The lowest BCUT2D eigenvalue weighted by Gasteiger charge is -2.25. The highest BCUT2D eigenvalue weighted by molar-refractivity contribution is 8.13. The van der Waals surface area contributed by atoms with Crippen LogP contribution in [0, 0.1) is 23.7 Å². The number of carbonyl (C=O) groups is 11. The number of rotatable bonds is 37. The number of thiazole rings is 2. The van der Waals surface area contributed by atoms with Gasteiger partial charge in [0.2, 0.25) is 5.91 Å². The summed E-state index contributed by atoms with van der Waals surface area (Å²) in [7, 11) is -1.45. The lowest BCUT2D eigenvalue weighted by Crippen LogP contribution is -2.48. The molecule has 1 aliphatic rings. The predicted octanol–water partition coefficient (Wildman–Crippen LogP) is 14.5. The van der Waals surface area contributed by atoms with Crippen molar-refractivity contribution < 1.29 is 71.7 Å².